The van der Waals surface area contributed by atoms with Gasteiger partial charge in [-0.2, -0.15) is 0 Å². The van der Waals surface area contributed by atoms with Gasteiger partial charge in [-0.05, 0) is 25.1 Å². The molecular formula is C13H15N3O3. The third-order valence-corrected chi connectivity index (χ3v) is 2.61. The molecule has 1 aromatic heterocycles. The number of aryl methyl sites for hydroxylation is 1. The molecule has 1 heterocycles. The quantitative estimate of drug-likeness (QED) is 0.814. The van der Waals surface area contributed by atoms with Crippen molar-refractivity contribution in [3.8, 4) is 5.75 Å². The molecule has 0 fully saturated rings. The molecule has 0 saturated heterocycles. The van der Waals surface area contributed by atoms with Crippen LogP contribution in [0.15, 0.2) is 28.8 Å². The van der Waals surface area contributed by atoms with Crippen LogP contribution in [0, 0.1) is 6.92 Å². The number of amides is 1. The van der Waals surface area contributed by atoms with E-state index in [0.717, 1.165) is 0 Å². The van der Waals surface area contributed by atoms with Gasteiger partial charge < -0.3 is 20.3 Å². The number of benzene rings is 1. The first-order valence-electron chi connectivity index (χ1n) is 5.74. The maximum Gasteiger partial charge on any atom is 0.253 e. The highest BCUT2D eigenvalue weighted by molar-refractivity contribution is 5.99. The van der Waals surface area contributed by atoms with Gasteiger partial charge in [-0.25, -0.2) is 0 Å². The third kappa shape index (κ3) is 3.04. The van der Waals surface area contributed by atoms with E-state index in [4.69, 9.17) is 15.0 Å². The van der Waals surface area contributed by atoms with Gasteiger partial charge in [0.15, 0.2) is 0 Å². The van der Waals surface area contributed by atoms with Crippen molar-refractivity contribution in [2.75, 3.05) is 12.8 Å². The lowest BCUT2D eigenvalue weighted by molar-refractivity contribution is 0.0950. The molecule has 0 spiro atoms. The van der Waals surface area contributed by atoms with Gasteiger partial charge in [0.05, 0.1) is 19.2 Å². The van der Waals surface area contributed by atoms with E-state index in [2.05, 4.69) is 10.5 Å². The first-order chi connectivity index (χ1) is 9.10. The minimum atomic E-state index is -0.281. The number of carbonyl (C=O) groups excluding carboxylic acids is 1. The first-order valence-corrected chi connectivity index (χ1v) is 5.74. The number of nitrogens with zero attached hydrogens (tertiary/aromatic N) is 1. The fraction of sp³-hybridized carbons (Fsp3) is 0.231. The molecule has 0 aliphatic carbocycles. The number of ether oxygens (including phenoxy) is 1. The minimum absolute atomic E-state index is 0.281. The number of methoxy groups -OCH3 is 1. The van der Waals surface area contributed by atoms with Crippen LogP contribution >= 0.6 is 0 Å². The summed E-state index contributed by atoms with van der Waals surface area (Å²) in [4.78, 5) is 12.0. The van der Waals surface area contributed by atoms with Gasteiger partial charge in [0.2, 0.25) is 0 Å². The molecule has 2 aromatic rings. The van der Waals surface area contributed by atoms with Crippen LogP contribution in [0.25, 0.3) is 0 Å². The van der Waals surface area contributed by atoms with Crippen LogP contribution in [0.5, 0.6) is 5.75 Å². The van der Waals surface area contributed by atoms with Crippen molar-refractivity contribution in [2.24, 2.45) is 0 Å². The second kappa shape index (κ2) is 5.43. The number of hydrogen-bond donors (Lipinski definition) is 2. The number of aromatic nitrogens is 1. The molecule has 6 nitrogen and oxygen atoms in total. The van der Waals surface area contributed by atoms with Crippen molar-refractivity contribution in [1.29, 1.82) is 0 Å². The van der Waals surface area contributed by atoms with Crippen LogP contribution in [0.4, 0.5) is 5.69 Å². The molecule has 0 bridgehead atoms. The Morgan fingerprint density at radius 2 is 2.26 bits per heavy atom. The van der Waals surface area contributed by atoms with E-state index in [0.29, 0.717) is 28.5 Å². The number of anilines is 1. The molecule has 3 N–H and O–H groups in total. The van der Waals surface area contributed by atoms with Crippen molar-refractivity contribution < 1.29 is 14.1 Å². The second-order valence-corrected chi connectivity index (χ2v) is 4.06. The van der Waals surface area contributed by atoms with Crippen LogP contribution in [-0.4, -0.2) is 18.2 Å². The number of rotatable bonds is 4. The van der Waals surface area contributed by atoms with E-state index in [1.54, 1.807) is 31.2 Å². The molecule has 0 saturated carbocycles. The zero-order valence-corrected chi connectivity index (χ0v) is 10.8. The largest absolute Gasteiger partial charge is 0.497 e. The molecule has 0 aliphatic heterocycles. The van der Waals surface area contributed by atoms with Crippen LogP contribution in [0.1, 0.15) is 21.8 Å². The molecule has 1 amide bonds. The highest BCUT2D eigenvalue weighted by atomic mass is 16.5. The summed E-state index contributed by atoms with van der Waals surface area (Å²) < 4.78 is 9.98. The Balaban J connectivity index is 2.07. The van der Waals surface area contributed by atoms with E-state index < -0.39 is 0 Å². The van der Waals surface area contributed by atoms with E-state index in [9.17, 15) is 4.79 Å². The van der Waals surface area contributed by atoms with Gasteiger partial charge in [-0.1, -0.05) is 5.16 Å². The molecule has 1 aromatic carbocycles. The third-order valence-electron chi connectivity index (χ3n) is 2.61. The second-order valence-electron chi connectivity index (χ2n) is 4.06. The maximum atomic E-state index is 12.0. The predicted molar refractivity (Wildman–Crippen MR) is 69.8 cm³/mol. The van der Waals surface area contributed by atoms with E-state index in [1.165, 1.54) is 7.11 Å². The maximum absolute atomic E-state index is 12.0. The summed E-state index contributed by atoms with van der Waals surface area (Å²) in [5.74, 6) is 0.999. The molecule has 2 rings (SSSR count). The number of hydrogen-bond acceptors (Lipinski definition) is 5. The molecule has 0 radical (unpaired) electrons. The Labute approximate surface area is 110 Å². The fourth-order valence-corrected chi connectivity index (χ4v) is 1.63. The van der Waals surface area contributed by atoms with Gasteiger partial charge in [0.25, 0.3) is 5.91 Å². The molecule has 0 aliphatic rings. The Bertz CT molecular complexity index is 593. The summed E-state index contributed by atoms with van der Waals surface area (Å²) >= 11 is 0. The zero-order valence-electron chi connectivity index (χ0n) is 10.8. The smallest absolute Gasteiger partial charge is 0.253 e. The monoisotopic (exact) mass is 261 g/mol. The highest BCUT2D eigenvalue weighted by Crippen LogP contribution is 2.19. The molecule has 19 heavy (non-hydrogen) atoms. The Hall–Kier alpha value is -2.50. The number of nitrogens with two attached hydrogens (primary N) is 1. The van der Waals surface area contributed by atoms with E-state index >= 15 is 0 Å². The lowest BCUT2D eigenvalue weighted by atomic mass is 10.1. The molecule has 6 heteroatoms. The van der Waals surface area contributed by atoms with Crippen molar-refractivity contribution in [3.05, 3.63) is 41.3 Å². The first kappa shape index (κ1) is 12.9. The average molecular weight is 261 g/mol. The molecule has 100 valence electrons. The summed E-state index contributed by atoms with van der Waals surface area (Å²) in [7, 11) is 1.53. The normalized spacial score (nSPS) is 10.2. The van der Waals surface area contributed by atoms with Gasteiger partial charge in [0.1, 0.15) is 17.2 Å². The number of nitrogen functional groups attached to an aromatic ring is 1. The standard InChI is InChI=1S/C13H15N3O3/c1-8-5-9(16-19-8)7-15-13(17)11-6-10(18-2)3-4-12(11)14/h3-6H,7,14H2,1-2H3,(H,15,17). The zero-order chi connectivity index (χ0) is 13.8. The number of nitrogens with one attached hydrogen (secondary N) is 1. The fourth-order valence-electron chi connectivity index (χ4n) is 1.63. The lowest BCUT2D eigenvalue weighted by Crippen LogP contribution is -2.24. The summed E-state index contributed by atoms with van der Waals surface area (Å²) in [6.07, 6.45) is 0. The van der Waals surface area contributed by atoms with Crippen molar-refractivity contribution in [1.82, 2.24) is 10.5 Å². The van der Waals surface area contributed by atoms with E-state index in [1.807, 2.05) is 0 Å². The summed E-state index contributed by atoms with van der Waals surface area (Å²) in [6.45, 7) is 2.07. The minimum Gasteiger partial charge on any atom is -0.497 e. The average Bonchev–Trinajstić information content (AvgIpc) is 2.82. The Morgan fingerprint density at radius 3 is 2.89 bits per heavy atom. The van der Waals surface area contributed by atoms with Gasteiger partial charge in [-0.3, -0.25) is 4.79 Å². The van der Waals surface area contributed by atoms with Crippen LogP contribution < -0.4 is 15.8 Å². The Kier molecular flexibility index (Phi) is 3.70. The molecular weight excluding hydrogens is 246 g/mol. The summed E-state index contributed by atoms with van der Waals surface area (Å²) in [5, 5.41) is 6.52. The van der Waals surface area contributed by atoms with Gasteiger partial charge in [0, 0.05) is 11.8 Å². The van der Waals surface area contributed by atoms with Crippen LogP contribution in [-0.2, 0) is 6.54 Å². The highest BCUT2D eigenvalue weighted by Gasteiger charge is 2.11. The lowest BCUT2D eigenvalue weighted by Gasteiger charge is -2.08. The summed E-state index contributed by atoms with van der Waals surface area (Å²) in [6, 6.07) is 6.69. The summed E-state index contributed by atoms with van der Waals surface area (Å²) in [5.41, 5.74) is 7.20. The van der Waals surface area contributed by atoms with Crippen LogP contribution in [0.2, 0.25) is 0 Å². The van der Waals surface area contributed by atoms with Gasteiger partial charge in [-0.15, -0.1) is 0 Å². The SMILES string of the molecule is COc1ccc(N)c(C(=O)NCc2cc(C)on2)c1. The molecule has 0 atom stereocenters. The van der Waals surface area contributed by atoms with Crippen molar-refractivity contribution in [2.45, 2.75) is 13.5 Å². The van der Waals surface area contributed by atoms with Crippen LogP contribution in [0.3, 0.4) is 0 Å². The molecule has 0 unspecified atom stereocenters. The van der Waals surface area contributed by atoms with Gasteiger partial charge >= 0.3 is 0 Å². The number of carbonyl (C=O) groups is 1. The van der Waals surface area contributed by atoms with Crippen molar-refractivity contribution >= 4 is 11.6 Å². The topological polar surface area (TPSA) is 90.4 Å². The predicted octanol–water partition coefficient (Wildman–Crippen LogP) is 1.50. The Morgan fingerprint density at radius 1 is 1.47 bits per heavy atom. The van der Waals surface area contributed by atoms with Crippen molar-refractivity contribution in [3.63, 3.8) is 0 Å². The van der Waals surface area contributed by atoms with E-state index in [-0.39, 0.29) is 12.5 Å².